The third-order valence-electron chi connectivity index (χ3n) is 10.8. The highest BCUT2D eigenvalue weighted by Gasteiger charge is 2.62. The molecule has 8 nitrogen and oxygen atoms in total. The Kier molecular flexibility index (Phi) is 8.87. The smallest absolute Gasteiger partial charge is 0.481 e. The lowest BCUT2D eigenvalue weighted by Gasteiger charge is -2.60. The molecule has 228 valence electrons. The second-order valence-electron chi connectivity index (χ2n) is 13.7. The van der Waals surface area contributed by atoms with E-state index in [4.69, 9.17) is 14.0 Å². The number of carbonyl (C=O) groups is 2. The van der Waals surface area contributed by atoms with E-state index in [0.29, 0.717) is 43.3 Å². The number of nitrogens with zero attached hydrogens (tertiary/aromatic N) is 2. The number of ether oxygens (including phenoxy) is 1. The van der Waals surface area contributed by atoms with E-state index in [1.165, 1.54) is 6.42 Å². The molecular weight excluding hydrogens is 529 g/mol. The first-order chi connectivity index (χ1) is 20.3. The molecule has 0 radical (unpaired) electrons. The number of hydrogen-bond acceptors (Lipinski definition) is 5. The van der Waals surface area contributed by atoms with E-state index in [0.717, 1.165) is 62.7 Å². The Morgan fingerprint density at radius 2 is 1.81 bits per heavy atom. The van der Waals surface area contributed by atoms with Gasteiger partial charge in [-0.25, -0.2) is 4.79 Å². The SMILES string of the molecule is COc1ccc(CN2C/C=C/CCCCCC[C@@H](B3OC4CC5CC(C4O3)C5(C)C)NC(=O)C3CCCN3C2=O)cc1. The van der Waals surface area contributed by atoms with Crippen LogP contribution in [0.4, 0.5) is 4.79 Å². The number of carbonyl (C=O) groups excluding carboxylic acids is 2. The molecule has 1 aromatic carbocycles. The molecule has 2 bridgehead atoms. The van der Waals surface area contributed by atoms with Crippen molar-refractivity contribution in [2.45, 2.75) is 109 Å². The van der Waals surface area contributed by atoms with Gasteiger partial charge in [0.2, 0.25) is 5.91 Å². The molecule has 0 aromatic heterocycles. The molecule has 6 atom stereocenters. The van der Waals surface area contributed by atoms with E-state index in [1.807, 2.05) is 29.2 Å². The molecule has 1 N–H and O–H groups in total. The lowest BCUT2D eigenvalue weighted by Crippen LogP contribution is -2.59. The average molecular weight is 578 g/mol. The molecule has 1 aromatic rings. The van der Waals surface area contributed by atoms with E-state index in [-0.39, 0.29) is 30.1 Å². The van der Waals surface area contributed by atoms with E-state index >= 15 is 0 Å². The van der Waals surface area contributed by atoms with Crippen molar-refractivity contribution in [2.24, 2.45) is 17.3 Å². The van der Waals surface area contributed by atoms with Crippen LogP contribution < -0.4 is 10.1 Å². The summed E-state index contributed by atoms with van der Waals surface area (Å²) >= 11 is 0. The van der Waals surface area contributed by atoms with Crippen LogP contribution in [0.25, 0.3) is 0 Å². The van der Waals surface area contributed by atoms with Crippen molar-refractivity contribution in [3.05, 3.63) is 42.0 Å². The first-order valence-corrected chi connectivity index (χ1v) is 16.3. The molecule has 7 rings (SSSR count). The summed E-state index contributed by atoms with van der Waals surface area (Å²) in [6, 6.07) is 7.28. The van der Waals surface area contributed by atoms with Crippen LogP contribution in [0.5, 0.6) is 5.75 Å². The molecule has 3 aliphatic carbocycles. The van der Waals surface area contributed by atoms with Crippen molar-refractivity contribution < 1.29 is 23.6 Å². The Morgan fingerprint density at radius 3 is 2.60 bits per heavy atom. The van der Waals surface area contributed by atoms with Crippen LogP contribution in [-0.4, -0.2) is 73.2 Å². The molecule has 3 saturated carbocycles. The molecule has 5 fully saturated rings. The van der Waals surface area contributed by atoms with Crippen molar-refractivity contribution >= 4 is 19.1 Å². The van der Waals surface area contributed by atoms with Crippen molar-refractivity contribution in [1.82, 2.24) is 15.1 Å². The Hall–Kier alpha value is -2.52. The second kappa shape index (κ2) is 12.6. The van der Waals surface area contributed by atoms with Crippen molar-refractivity contribution in [3.8, 4) is 5.75 Å². The topological polar surface area (TPSA) is 80.3 Å². The Morgan fingerprint density at radius 1 is 1.00 bits per heavy atom. The van der Waals surface area contributed by atoms with Crippen LogP contribution in [0, 0.1) is 17.3 Å². The number of amides is 3. The lowest BCUT2D eigenvalue weighted by atomic mass is 9.47. The second-order valence-corrected chi connectivity index (χ2v) is 13.7. The Bertz CT molecular complexity index is 1140. The van der Waals surface area contributed by atoms with Crippen molar-refractivity contribution in [3.63, 3.8) is 0 Å². The Labute approximate surface area is 251 Å². The third kappa shape index (κ3) is 5.96. The molecule has 2 saturated heterocycles. The van der Waals surface area contributed by atoms with Crippen LogP contribution in [-0.2, 0) is 20.6 Å². The van der Waals surface area contributed by atoms with E-state index < -0.39 is 13.2 Å². The number of rotatable bonds is 4. The van der Waals surface area contributed by atoms with Gasteiger partial charge in [0.15, 0.2) is 0 Å². The highest BCUT2D eigenvalue weighted by molar-refractivity contribution is 6.47. The minimum atomic E-state index is -0.481. The van der Waals surface area contributed by atoms with Crippen LogP contribution in [0.3, 0.4) is 0 Å². The van der Waals surface area contributed by atoms with Crippen LogP contribution in [0.2, 0.25) is 0 Å². The zero-order valence-electron chi connectivity index (χ0n) is 25.6. The summed E-state index contributed by atoms with van der Waals surface area (Å²) in [7, 11) is 1.23. The molecule has 42 heavy (non-hydrogen) atoms. The number of benzene rings is 1. The molecule has 9 heteroatoms. The summed E-state index contributed by atoms with van der Waals surface area (Å²) in [6.45, 7) is 6.31. The maximum atomic E-state index is 14.0. The third-order valence-corrected chi connectivity index (χ3v) is 10.8. The first kappa shape index (κ1) is 29.6. The molecular formula is C33H48BN3O5. The zero-order chi connectivity index (χ0) is 29.3. The van der Waals surface area contributed by atoms with Crippen LogP contribution in [0.1, 0.15) is 83.6 Å². The fraction of sp³-hybridized carbons (Fsp3) is 0.697. The van der Waals surface area contributed by atoms with Crippen LogP contribution >= 0.6 is 0 Å². The summed E-state index contributed by atoms with van der Waals surface area (Å²) in [5.74, 6) is 1.74. The summed E-state index contributed by atoms with van der Waals surface area (Å²) in [4.78, 5) is 31.5. The molecule has 6 aliphatic rings. The van der Waals surface area contributed by atoms with Gasteiger partial charge in [-0.2, -0.15) is 0 Å². The fourth-order valence-corrected chi connectivity index (χ4v) is 8.02. The number of methoxy groups -OCH3 is 1. The largest absolute Gasteiger partial charge is 0.497 e. The molecule has 5 unspecified atom stereocenters. The lowest BCUT2D eigenvalue weighted by molar-refractivity contribution is -0.150. The molecule has 3 amide bonds. The van der Waals surface area contributed by atoms with E-state index in [2.05, 4.69) is 31.3 Å². The summed E-state index contributed by atoms with van der Waals surface area (Å²) in [6.07, 6.45) is 14.6. The van der Waals surface area contributed by atoms with Gasteiger partial charge in [-0.05, 0) is 79.9 Å². The van der Waals surface area contributed by atoms with Crippen molar-refractivity contribution in [2.75, 3.05) is 20.2 Å². The Balaban J connectivity index is 1.18. The number of nitrogens with one attached hydrogen (secondary N) is 1. The quantitative estimate of drug-likeness (QED) is 0.386. The van der Waals surface area contributed by atoms with E-state index in [1.54, 1.807) is 12.0 Å². The number of urea groups is 1. The first-order valence-electron chi connectivity index (χ1n) is 16.3. The minimum absolute atomic E-state index is 0.0791. The van der Waals surface area contributed by atoms with Gasteiger partial charge in [0.1, 0.15) is 11.8 Å². The predicted octanol–water partition coefficient (Wildman–Crippen LogP) is 5.35. The van der Waals surface area contributed by atoms with Gasteiger partial charge in [0, 0.05) is 19.6 Å². The van der Waals surface area contributed by atoms with E-state index in [9.17, 15) is 9.59 Å². The number of allylic oxidation sites excluding steroid dienone is 1. The van der Waals surface area contributed by atoms with Gasteiger partial charge < -0.3 is 29.2 Å². The van der Waals surface area contributed by atoms with Gasteiger partial charge in [0.25, 0.3) is 0 Å². The number of hydrogen-bond donors (Lipinski definition) is 1. The molecule has 3 heterocycles. The molecule has 3 aliphatic heterocycles. The summed E-state index contributed by atoms with van der Waals surface area (Å²) in [5.41, 5.74) is 1.34. The van der Waals surface area contributed by atoms with Crippen LogP contribution in [0.15, 0.2) is 36.4 Å². The standard InChI is InChI=1S/C33H48BN3O5/c1-33(2)24-20-26(33)30-28(21-24)41-34(42-30)29-13-9-7-5-4-6-8-10-18-36(22-23-14-16-25(40-3)17-15-23)32(39)37-19-11-12-27(37)31(38)35-29/h8,10,14-17,24,26-30H,4-7,9,11-13,18-22H2,1-3H3,(H,35,38)/b10-8+/t24?,26?,27?,28?,29-,30?/m0/s1. The summed E-state index contributed by atoms with van der Waals surface area (Å²) in [5, 5.41) is 3.34. The number of fused-ring (bicyclic) bond motifs is 1. The highest BCUT2D eigenvalue weighted by Crippen LogP contribution is 2.61. The molecule has 0 spiro atoms. The predicted molar refractivity (Wildman–Crippen MR) is 163 cm³/mol. The van der Waals surface area contributed by atoms with Gasteiger partial charge in [-0.3, -0.25) is 4.79 Å². The maximum absolute atomic E-state index is 14.0. The van der Waals surface area contributed by atoms with Gasteiger partial charge in [-0.15, -0.1) is 0 Å². The minimum Gasteiger partial charge on any atom is -0.497 e. The monoisotopic (exact) mass is 577 g/mol. The van der Waals surface area contributed by atoms with Gasteiger partial charge >= 0.3 is 13.1 Å². The fourth-order valence-electron chi connectivity index (χ4n) is 8.02. The van der Waals surface area contributed by atoms with Gasteiger partial charge in [0.05, 0.1) is 25.3 Å². The van der Waals surface area contributed by atoms with Crippen molar-refractivity contribution in [1.29, 1.82) is 0 Å². The normalized spacial score (nSPS) is 34.3. The summed E-state index contributed by atoms with van der Waals surface area (Å²) < 4.78 is 18.5. The average Bonchev–Trinajstić information content (AvgIpc) is 3.66. The zero-order valence-corrected chi connectivity index (χ0v) is 25.6. The maximum Gasteiger partial charge on any atom is 0.481 e. The highest BCUT2D eigenvalue weighted by atomic mass is 16.7. The van der Waals surface area contributed by atoms with Gasteiger partial charge in [-0.1, -0.05) is 57.4 Å².